The summed E-state index contributed by atoms with van der Waals surface area (Å²) >= 11 is 0. The number of phenolic OH excluding ortho intramolecular Hbond substituents is 1. The zero-order valence-corrected chi connectivity index (χ0v) is 14.1. The van der Waals surface area contributed by atoms with Crippen LogP contribution in [0, 0.1) is 0 Å². The van der Waals surface area contributed by atoms with Crippen LogP contribution in [0.25, 0.3) is 0 Å². The number of phenols is 1. The van der Waals surface area contributed by atoms with E-state index in [1.165, 1.54) is 0 Å². The van der Waals surface area contributed by atoms with E-state index in [0.29, 0.717) is 0 Å². The molecule has 0 bridgehead atoms. The Labute approximate surface area is 152 Å². The molecule has 0 aliphatic carbocycles. The van der Waals surface area contributed by atoms with Crippen LogP contribution < -0.4 is 4.74 Å². The largest absolute Gasteiger partial charge is 0.508 e. The van der Waals surface area contributed by atoms with E-state index in [2.05, 4.69) is 23.2 Å². The van der Waals surface area contributed by atoms with Gasteiger partial charge in [0.1, 0.15) is 11.5 Å². The number of fused-ring (bicyclic) bond motifs is 3. The molecule has 0 aromatic heterocycles. The van der Waals surface area contributed by atoms with Gasteiger partial charge in [-0.3, -0.25) is 0 Å². The minimum atomic E-state index is -0.309. The van der Waals surface area contributed by atoms with E-state index in [1.807, 2.05) is 48.5 Å². The summed E-state index contributed by atoms with van der Waals surface area (Å²) in [5.41, 5.74) is 4.35. The van der Waals surface area contributed by atoms with Gasteiger partial charge in [-0.1, -0.05) is 48.5 Å². The molecule has 3 aromatic carbocycles. The van der Waals surface area contributed by atoms with E-state index in [9.17, 15) is 5.11 Å². The molecule has 1 N–H and O–H groups in total. The van der Waals surface area contributed by atoms with Crippen LogP contribution in [0.15, 0.2) is 84.0 Å². The number of hydrazone groups is 1. The standard InChI is InChI=1S/C22H18N2O2/c25-17-12-10-16(11-13-17)22-24-20(18-8-4-5-9-21(18)26-22)14-19(23-24)15-6-2-1-3-7-15/h1-13,20,22,25H,14H2. The number of aromatic hydroxyl groups is 1. The van der Waals surface area contributed by atoms with Crippen molar-refractivity contribution in [2.75, 3.05) is 0 Å². The Morgan fingerprint density at radius 1 is 0.885 bits per heavy atom. The molecule has 128 valence electrons. The first-order chi connectivity index (χ1) is 12.8. The molecule has 0 amide bonds. The van der Waals surface area contributed by atoms with Gasteiger partial charge in [-0.05, 0) is 35.9 Å². The van der Waals surface area contributed by atoms with Gasteiger partial charge in [-0.2, -0.15) is 5.10 Å². The van der Waals surface area contributed by atoms with Crippen molar-refractivity contribution in [2.24, 2.45) is 5.10 Å². The molecule has 0 radical (unpaired) electrons. The zero-order valence-electron chi connectivity index (χ0n) is 14.1. The molecule has 2 aliphatic rings. The first-order valence-electron chi connectivity index (χ1n) is 8.75. The lowest BCUT2D eigenvalue weighted by Crippen LogP contribution is -2.33. The van der Waals surface area contributed by atoms with Crippen LogP contribution in [-0.2, 0) is 0 Å². The van der Waals surface area contributed by atoms with Crippen molar-refractivity contribution in [2.45, 2.75) is 18.7 Å². The molecule has 0 spiro atoms. The van der Waals surface area contributed by atoms with Crippen LogP contribution in [0.1, 0.15) is 35.4 Å². The van der Waals surface area contributed by atoms with Crippen LogP contribution in [0.4, 0.5) is 0 Å². The fourth-order valence-corrected chi connectivity index (χ4v) is 3.70. The van der Waals surface area contributed by atoms with Gasteiger partial charge in [0.2, 0.25) is 6.23 Å². The van der Waals surface area contributed by atoms with Crippen molar-refractivity contribution in [1.29, 1.82) is 0 Å². The van der Waals surface area contributed by atoms with Crippen LogP contribution in [0.5, 0.6) is 11.5 Å². The Bertz CT molecular complexity index is 967. The van der Waals surface area contributed by atoms with Crippen molar-refractivity contribution in [3.05, 3.63) is 95.6 Å². The van der Waals surface area contributed by atoms with Crippen molar-refractivity contribution in [3.8, 4) is 11.5 Å². The predicted octanol–water partition coefficient (Wildman–Crippen LogP) is 4.63. The summed E-state index contributed by atoms with van der Waals surface area (Å²) in [6.45, 7) is 0. The van der Waals surface area contributed by atoms with E-state index < -0.39 is 0 Å². The van der Waals surface area contributed by atoms with E-state index in [4.69, 9.17) is 9.84 Å². The summed E-state index contributed by atoms with van der Waals surface area (Å²) in [7, 11) is 0. The summed E-state index contributed by atoms with van der Waals surface area (Å²) in [4.78, 5) is 0. The summed E-state index contributed by atoms with van der Waals surface area (Å²) in [5, 5.41) is 16.6. The highest BCUT2D eigenvalue weighted by atomic mass is 16.5. The van der Waals surface area contributed by atoms with Gasteiger partial charge in [0.25, 0.3) is 0 Å². The number of ether oxygens (including phenoxy) is 1. The Morgan fingerprint density at radius 3 is 2.42 bits per heavy atom. The first kappa shape index (κ1) is 15.0. The second-order valence-electron chi connectivity index (χ2n) is 6.61. The number of hydrogen-bond donors (Lipinski definition) is 1. The van der Waals surface area contributed by atoms with Crippen LogP contribution in [0.3, 0.4) is 0 Å². The Balaban J connectivity index is 1.60. The molecule has 5 rings (SSSR count). The number of para-hydroxylation sites is 1. The molecule has 2 unspecified atom stereocenters. The third-order valence-electron chi connectivity index (χ3n) is 4.98. The fourth-order valence-electron chi connectivity index (χ4n) is 3.70. The molecule has 3 aromatic rings. The predicted molar refractivity (Wildman–Crippen MR) is 100 cm³/mol. The quantitative estimate of drug-likeness (QED) is 0.738. The van der Waals surface area contributed by atoms with Gasteiger partial charge in [0.05, 0.1) is 11.8 Å². The Hall–Kier alpha value is -3.27. The highest BCUT2D eigenvalue weighted by molar-refractivity contribution is 6.01. The Morgan fingerprint density at radius 2 is 1.62 bits per heavy atom. The van der Waals surface area contributed by atoms with Gasteiger partial charge in [-0.15, -0.1) is 0 Å². The number of benzene rings is 3. The molecule has 0 saturated carbocycles. The maximum atomic E-state index is 9.61. The molecule has 4 nitrogen and oxygen atoms in total. The molecular formula is C22H18N2O2. The normalized spacial score (nSPS) is 20.8. The third kappa shape index (κ3) is 2.42. The van der Waals surface area contributed by atoms with Crippen LogP contribution >= 0.6 is 0 Å². The minimum absolute atomic E-state index is 0.147. The zero-order chi connectivity index (χ0) is 17.5. The summed E-state index contributed by atoms with van der Waals surface area (Å²) in [5.74, 6) is 1.15. The van der Waals surface area contributed by atoms with Crippen molar-refractivity contribution in [1.82, 2.24) is 5.01 Å². The molecule has 2 atom stereocenters. The SMILES string of the molecule is Oc1ccc(C2Oc3ccccc3C3CC(c4ccccc4)=NN32)cc1. The third-order valence-corrected chi connectivity index (χ3v) is 4.98. The Kier molecular flexibility index (Phi) is 3.42. The number of rotatable bonds is 2. The lowest BCUT2D eigenvalue weighted by atomic mass is 9.96. The molecule has 0 saturated heterocycles. The van der Waals surface area contributed by atoms with E-state index in [-0.39, 0.29) is 18.0 Å². The maximum absolute atomic E-state index is 9.61. The van der Waals surface area contributed by atoms with Crippen molar-refractivity contribution in [3.63, 3.8) is 0 Å². The monoisotopic (exact) mass is 342 g/mol. The van der Waals surface area contributed by atoms with Crippen LogP contribution in [-0.4, -0.2) is 15.8 Å². The molecule has 2 heterocycles. The second-order valence-corrected chi connectivity index (χ2v) is 6.61. The fraction of sp³-hybridized carbons (Fsp3) is 0.136. The first-order valence-corrected chi connectivity index (χ1v) is 8.75. The van der Waals surface area contributed by atoms with E-state index in [0.717, 1.165) is 34.6 Å². The molecular weight excluding hydrogens is 324 g/mol. The maximum Gasteiger partial charge on any atom is 0.213 e. The highest BCUT2D eigenvalue weighted by Crippen LogP contribution is 2.47. The number of nitrogens with zero attached hydrogens (tertiary/aromatic N) is 2. The van der Waals surface area contributed by atoms with Gasteiger partial charge < -0.3 is 9.84 Å². The summed E-state index contributed by atoms with van der Waals surface area (Å²) in [6.07, 6.45) is 0.538. The average Bonchev–Trinajstić information content (AvgIpc) is 3.14. The van der Waals surface area contributed by atoms with E-state index in [1.54, 1.807) is 12.1 Å². The van der Waals surface area contributed by atoms with Gasteiger partial charge in [0, 0.05) is 17.5 Å². The highest BCUT2D eigenvalue weighted by Gasteiger charge is 2.40. The average molecular weight is 342 g/mol. The second kappa shape index (κ2) is 5.92. The summed E-state index contributed by atoms with van der Waals surface area (Å²) in [6, 6.07) is 25.8. The van der Waals surface area contributed by atoms with Crippen molar-refractivity contribution < 1.29 is 9.84 Å². The van der Waals surface area contributed by atoms with Gasteiger partial charge in [-0.25, -0.2) is 5.01 Å². The molecule has 2 aliphatic heterocycles. The van der Waals surface area contributed by atoms with Gasteiger partial charge in [0.15, 0.2) is 0 Å². The lowest BCUT2D eigenvalue weighted by molar-refractivity contribution is -0.0190. The van der Waals surface area contributed by atoms with Crippen LogP contribution in [0.2, 0.25) is 0 Å². The molecule has 26 heavy (non-hydrogen) atoms. The molecule has 0 fully saturated rings. The lowest BCUT2D eigenvalue weighted by Gasteiger charge is -2.38. The molecule has 4 heteroatoms. The summed E-state index contributed by atoms with van der Waals surface area (Å²) < 4.78 is 6.29. The topological polar surface area (TPSA) is 45.1 Å². The smallest absolute Gasteiger partial charge is 0.213 e. The van der Waals surface area contributed by atoms with E-state index >= 15 is 0 Å². The minimum Gasteiger partial charge on any atom is -0.508 e. The number of hydrogen-bond acceptors (Lipinski definition) is 4. The van der Waals surface area contributed by atoms with Gasteiger partial charge >= 0.3 is 0 Å². The van der Waals surface area contributed by atoms with Crippen molar-refractivity contribution >= 4 is 5.71 Å².